The van der Waals surface area contributed by atoms with Gasteiger partial charge in [0.05, 0.1) is 0 Å². The molecule has 0 aromatic carbocycles. The van der Waals surface area contributed by atoms with E-state index in [-0.39, 0.29) is 5.56 Å². The predicted molar refractivity (Wildman–Crippen MR) is 58.9 cm³/mol. The highest BCUT2D eigenvalue weighted by Gasteiger charge is 1.92. The summed E-state index contributed by atoms with van der Waals surface area (Å²) in [5.41, 5.74) is -0.133. The van der Waals surface area contributed by atoms with Crippen molar-refractivity contribution >= 4 is 24.0 Å². The molecule has 3 nitrogen and oxygen atoms in total. The van der Waals surface area contributed by atoms with Gasteiger partial charge in [0.15, 0.2) is 4.77 Å². The SMILES string of the molecule is CSCCCn1ccc(=O)[nH]c1=S. The van der Waals surface area contributed by atoms with Crippen LogP contribution in [0.3, 0.4) is 0 Å². The second-order valence-electron chi connectivity index (χ2n) is 2.65. The molecule has 0 aliphatic rings. The number of H-pyrrole nitrogens is 1. The van der Waals surface area contributed by atoms with Crippen molar-refractivity contribution in [2.45, 2.75) is 13.0 Å². The lowest BCUT2D eigenvalue weighted by molar-refractivity contribution is 0.652. The molecule has 0 amide bonds. The number of hydrogen-bond donors (Lipinski definition) is 1. The van der Waals surface area contributed by atoms with E-state index in [1.807, 2.05) is 16.3 Å². The zero-order valence-corrected chi connectivity index (χ0v) is 9.08. The van der Waals surface area contributed by atoms with Gasteiger partial charge in [-0.05, 0) is 30.6 Å². The first kappa shape index (κ1) is 10.5. The van der Waals surface area contributed by atoms with Crippen molar-refractivity contribution in [2.75, 3.05) is 12.0 Å². The van der Waals surface area contributed by atoms with E-state index in [4.69, 9.17) is 12.2 Å². The Balaban J connectivity index is 2.67. The van der Waals surface area contributed by atoms with Gasteiger partial charge in [0.2, 0.25) is 0 Å². The molecule has 1 heterocycles. The van der Waals surface area contributed by atoms with Crippen LogP contribution >= 0.6 is 24.0 Å². The molecule has 0 saturated heterocycles. The zero-order chi connectivity index (χ0) is 9.68. The first-order valence-electron chi connectivity index (χ1n) is 4.03. The van der Waals surface area contributed by atoms with Gasteiger partial charge in [-0.3, -0.25) is 9.78 Å². The Kier molecular flexibility index (Phi) is 4.24. The topological polar surface area (TPSA) is 37.8 Å². The molecule has 13 heavy (non-hydrogen) atoms. The quantitative estimate of drug-likeness (QED) is 0.614. The van der Waals surface area contributed by atoms with Crippen LogP contribution in [-0.2, 0) is 6.54 Å². The maximum absolute atomic E-state index is 10.8. The number of aromatic amines is 1. The maximum Gasteiger partial charge on any atom is 0.251 e. The second kappa shape index (κ2) is 5.24. The highest BCUT2D eigenvalue weighted by molar-refractivity contribution is 7.98. The van der Waals surface area contributed by atoms with Crippen LogP contribution in [-0.4, -0.2) is 21.6 Å². The maximum atomic E-state index is 10.8. The third-order valence-corrected chi connectivity index (χ3v) is 2.68. The first-order chi connectivity index (χ1) is 6.24. The van der Waals surface area contributed by atoms with Crippen molar-refractivity contribution in [3.05, 3.63) is 27.4 Å². The molecule has 1 aromatic rings. The van der Waals surface area contributed by atoms with Crippen LogP contribution in [0.5, 0.6) is 0 Å². The van der Waals surface area contributed by atoms with Gasteiger partial charge in [-0.2, -0.15) is 11.8 Å². The van der Waals surface area contributed by atoms with Crippen molar-refractivity contribution in [3.63, 3.8) is 0 Å². The monoisotopic (exact) mass is 216 g/mol. The number of aromatic nitrogens is 2. The summed E-state index contributed by atoms with van der Waals surface area (Å²) in [7, 11) is 0. The van der Waals surface area contributed by atoms with Gasteiger partial charge < -0.3 is 4.57 Å². The Morgan fingerprint density at radius 1 is 1.69 bits per heavy atom. The predicted octanol–water partition coefficient (Wildman–Crippen LogP) is 1.66. The normalized spacial score (nSPS) is 10.2. The summed E-state index contributed by atoms with van der Waals surface area (Å²) in [6, 6.07) is 1.49. The Morgan fingerprint density at radius 3 is 3.08 bits per heavy atom. The zero-order valence-electron chi connectivity index (χ0n) is 7.45. The van der Waals surface area contributed by atoms with Crippen molar-refractivity contribution in [1.29, 1.82) is 0 Å². The molecular formula is C8H12N2OS2. The Hall–Kier alpha value is -0.550. The average Bonchev–Trinajstić information content (AvgIpc) is 2.09. The molecule has 0 unspecified atom stereocenters. The molecule has 0 saturated carbocycles. The molecule has 1 rings (SSSR count). The lowest BCUT2D eigenvalue weighted by Crippen LogP contribution is -2.11. The molecule has 1 aromatic heterocycles. The summed E-state index contributed by atoms with van der Waals surface area (Å²) in [6.07, 6.45) is 4.88. The van der Waals surface area contributed by atoms with Gasteiger partial charge in [-0.25, -0.2) is 0 Å². The van der Waals surface area contributed by atoms with E-state index < -0.39 is 0 Å². The molecule has 0 bridgehead atoms. The molecule has 72 valence electrons. The van der Waals surface area contributed by atoms with Gasteiger partial charge >= 0.3 is 0 Å². The molecule has 0 aliphatic carbocycles. The minimum Gasteiger partial charge on any atom is -0.325 e. The van der Waals surface area contributed by atoms with Crippen LogP contribution < -0.4 is 5.56 Å². The number of nitrogens with zero attached hydrogens (tertiary/aromatic N) is 1. The summed E-state index contributed by atoms with van der Waals surface area (Å²) in [6.45, 7) is 0.871. The molecule has 0 radical (unpaired) electrons. The molecule has 0 spiro atoms. The molecular weight excluding hydrogens is 204 g/mol. The van der Waals surface area contributed by atoms with E-state index in [9.17, 15) is 4.79 Å². The minimum atomic E-state index is -0.133. The van der Waals surface area contributed by atoms with Crippen molar-refractivity contribution in [3.8, 4) is 0 Å². The van der Waals surface area contributed by atoms with E-state index in [1.54, 1.807) is 6.20 Å². The van der Waals surface area contributed by atoms with Crippen LogP contribution in [0.4, 0.5) is 0 Å². The van der Waals surface area contributed by atoms with Crippen LogP contribution in [0.15, 0.2) is 17.1 Å². The molecule has 0 aliphatic heterocycles. The summed E-state index contributed by atoms with van der Waals surface area (Å²) < 4.78 is 2.39. The van der Waals surface area contributed by atoms with Crippen LogP contribution in [0.2, 0.25) is 0 Å². The minimum absolute atomic E-state index is 0.133. The Labute approximate surface area is 86.2 Å². The fraction of sp³-hybridized carbons (Fsp3) is 0.500. The summed E-state index contributed by atoms with van der Waals surface area (Å²) in [5.74, 6) is 1.11. The van der Waals surface area contributed by atoms with Gasteiger partial charge in [-0.1, -0.05) is 0 Å². The van der Waals surface area contributed by atoms with Crippen LogP contribution in [0.1, 0.15) is 6.42 Å². The smallest absolute Gasteiger partial charge is 0.251 e. The number of aryl methyl sites for hydroxylation is 1. The number of thioether (sulfide) groups is 1. The van der Waals surface area contributed by atoms with Gasteiger partial charge in [0.1, 0.15) is 0 Å². The third kappa shape index (κ3) is 3.36. The van der Waals surface area contributed by atoms with E-state index in [0.29, 0.717) is 4.77 Å². The highest BCUT2D eigenvalue weighted by Crippen LogP contribution is 1.98. The molecule has 5 heteroatoms. The van der Waals surface area contributed by atoms with E-state index in [2.05, 4.69) is 11.2 Å². The summed E-state index contributed by atoms with van der Waals surface area (Å²) >= 11 is 6.80. The molecule has 0 fully saturated rings. The lowest BCUT2D eigenvalue weighted by atomic mass is 10.5. The second-order valence-corrected chi connectivity index (χ2v) is 4.02. The summed E-state index contributed by atoms with van der Waals surface area (Å²) in [5, 5.41) is 0. The van der Waals surface area contributed by atoms with E-state index >= 15 is 0 Å². The molecule has 0 atom stereocenters. The van der Waals surface area contributed by atoms with Gasteiger partial charge in [0, 0.05) is 18.8 Å². The van der Waals surface area contributed by atoms with Gasteiger partial charge in [0.25, 0.3) is 5.56 Å². The third-order valence-electron chi connectivity index (χ3n) is 1.64. The van der Waals surface area contributed by atoms with E-state index in [1.165, 1.54) is 6.07 Å². The first-order valence-corrected chi connectivity index (χ1v) is 5.83. The largest absolute Gasteiger partial charge is 0.325 e. The average molecular weight is 216 g/mol. The fourth-order valence-corrected chi connectivity index (χ4v) is 1.67. The van der Waals surface area contributed by atoms with Crippen molar-refractivity contribution in [2.24, 2.45) is 0 Å². The van der Waals surface area contributed by atoms with Gasteiger partial charge in [-0.15, -0.1) is 0 Å². The van der Waals surface area contributed by atoms with Crippen LogP contribution in [0, 0.1) is 4.77 Å². The number of hydrogen-bond acceptors (Lipinski definition) is 3. The van der Waals surface area contributed by atoms with Crippen LogP contribution in [0.25, 0.3) is 0 Å². The fourth-order valence-electron chi connectivity index (χ4n) is 1.000. The van der Waals surface area contributed by atoms with Crippen molar-refractivity contribution in [1.82, 2.24) is 9.55 Å². The highest BCUT2D eigenvalue weighted by atomic mass is 32.2. The standard InChI is InChI=1S/C8H12N2OS2/c1-13-6-2-4-10-5-3-7(11)9-8(10)12/h3,5H,2,4,6H2,1H3,(H,9,11,12). The Bertz CT molecular complexity index is 369. The Morgan fingerprint density at radius 2 is 2.46 bits per heavy atom. The molecule has 1 N–H and O–H groups in total. The lowest BCUT2D eigenvalue weighted by Gasteiger charge is -2.04. The van der Waals surface area contributed by atoms with Crippen molar-refractivity contribution < 1.29 is 0 Å². The number of nitrogens with one attached hydrogen (secondary N) is 1. The van der Waals surface area contributed by atoms with E-state index in [0.717, 1.165) is 18.7 Å². The number of rotatable bonds is 4. The summed E-state index contributed by atoms with van der Waals surface area (Å²) in [4.78, 5) is 13.4.